The van der Waals surface area contributed by atoms with Gasteiger partial charge in [-0.1, -0.05) is 12.1 Å². The number of H-pyrrole nitrogens is 1. The number of hydrogen-bond donors (Lipinski definition) is 1. The standard InChI is InChI=1S/C16H20N4O3S/c1-10(2)20-14-8-6-5-7-13(14)19(9-15(20)21)24(22,23)16-11(3)17-18-12(16)4/h5-8,10H,9H2,1-4H3,(H,17,18). The van der Waals surface area contributed by atoms with E-state index in [9.17, 15) is 13.2 Å². The molecule has 0 atom stereocenters. The summed E-state index contributed by atoms with van der Waals surface area (Å²) in [6, 6.07) is 7.00. The van der Waals surface area contributed by atoms with Gasteiger partial charge in [0.25, 0.3) is 10.0 Å². The zero-order valence-electron chi connectivity index (χ0n) is 14.1. The summed E-state index contributed by atoms with van der Waals surface area (Å²) in [4.78, 5) is 14.4. The van der Waals surface area contributed by atoms with Crippen LogP contribution < -0.4 is 9.21 Å². The van der Waals surface area contributed by atoms with Gasteiger partial charge in [-0.2, -0.15) is 5.10 Å². The number of nitrogens with one attached hydrogen (secondary N) is 1. The number of sulfonamides is 1. The fraction of sp³-hybridized carbons (Fsp3) is 0.375. The predicted octanol–water partition coefficient (Wildman–Crippen LogP) is 1.98. The highest BCUT2D eigenvalue weighted by molar-refractivity contribution is 7.93. The number of rotatable bonds is 3. The number of anilines is 2. The Balaban J connectivity index is 2.19. The molecule has 0 spiro atoms. The Labute approximate surface area is 141 Å². The van der Waals surface area contributed by atoms with Crippen molar-refractivity contribution in [2.24, 2.45) is 0 Å². The van der Waals surface area contributed by atoms with Gasteiger partial charge >= 0.3 is 0 Å². The largest absolute Gasteiger partial charge is 0.306 e. The Hall–Kier alpha value is -2.35. The molecule has 24 heavy (non-hydrogen) atoms. The van der Waals surface area contributed by atoms with E-state index in [4.69, 9.17) is 0 Å². The summed E-state index contributed by atoms with van der Waals surface area (Å²) in [6.45, 7) is 6.88. The molecule has 0 saturated carbocycles. The van der Waals surface area contributed by atoms with E-state index in [0.717, 1.165) is 0 Å². The molecule has 2 aromatic rings. The first kappa shape index (κ1) is 16.5. The van der Waals surface area contributed by atoms with Crippen LogP contribution in [0.1, 0.15) is 25.2 Å². The number of nitrogens with zero attached hydrogens (tertiary/aromatic N) is 3. The maximum atomic E-state index is 13.2. The molecule has 1 aromatic heterocycles. The summed E-state index contributed by atoms with van der Waals surface area (Å²) in [5.74, 6) is -0.244. The lowest BCUT2D eigenvalue weighted by atomic mass is 10.1. The number of amides is 1. The van der Waals surface area contributed by atoms with Gasteiger partial charge in [-0.15, -0.1) is 0 Å². The van der Waals surface area contributed by atoms with E-state index in [0.29, 0.717) is 22.8 Å². The van der Waals surface area contributed by atoms with Crippen molar-refractivity contribution in [3.8, 4) is 0 Å². The van der Waals surface area contributed by atoms with Crippen molar-refractivity contribution in [2.75, 3.05) is 15.7 Å². The van der Waals surface area contributed by atoms with Crippen LogP contribution in [-0.4, -0.2) is 37.1 Å². The number of carbonyl (C=O) groups is 1. The third-order valence-electron chi connectivity index (χ3n) is 4.08. The number of benzene rings is 1. The molecule has 2 heterocycles. The lowest BCUT2D eigenvalue weighted by Gasteiger charge is -2.38. The fourth-order valence-corrected chi connectivity index (χ4v) is 4.87. The molecule has 1 N–H and O–H groups in total. The Morgan fingerprint density at radius 2 is 1.79 bits per heavy atom. The van der Waals surface area contributed by atoms with E-state index in [-0.39, 0.29) is 23.4 Å². The molecule has 3 rings (SSSR count). The fourth-order valence-electron chi connectivity index (χ4n) is 3.11. The van der Waals surface area contributed by atoms with Crippen LogP contribution in [-0.2, 0) is 14.8 Å². The van der Waals surface area contributed by atoms with Gasteiger partial charge in [0.05, 0.1) is 22.8 Å². The highest BCUT2D eigenvalue weighted by Crippen LogP contribution is 2.38. The molecule has 1 aliphatic rings. The van der Waals surface area contributed by atoms with E-state index in [1.807, 2.05) is 13.8 Å². The zero-order valence-corrected chi connectivity index (χ0v) is 14.9. The van der Waals surface area contributed by atoms with Crippen molar-refractivity contribution in [2.45, 2.75) is 38.6 Å². The van der Waals surface area contributed by atoms with Crippen LogP contribution >= 0.6 is 0 Å². The van der Waals surface area contributed by atoms with E-state index in [1.165, 1.54) is 4.31 Å². The SMILES string of the molecule is Cc1n[nH]c(C)c1S(=O)(=O)N1CC(=O)N(C(C)C)c2ccccc21. The van der Waals surface area contributed by atoms with E-state index in [1.54, 1.807) is 43.0 Å². The molecule has 0 unspecified atom stereocenters. The van der Waals surface area contributed by atoms with E-state index in [2.05, 4.69) is 10.2 Å². The first-order chi connectivity index (χ1) is 11.2. The third kappa shape index (κ3) is 2.37. The molecule has 8 heteroatoms. The molecule has 1 amide bonds. The lowest BCUT2D eigenvalue weighted by Crippen LogP contribution is -2.50. The van der Waals surface area contributed by atoms with Crippen molar-refractivity contribution in [3.63, 3.8) is 0 Å². The quantitative estimate of drug-likeness (QED) is 0.919. The first-order valence-electron chi connectivity index (χ1n) is 7.70. The Kier molecular flexibility index (Phi) is 3.87. The van der Waals surface area contributed by atoms with Crippen LogP contribution in [0.15, 0.2) is 29.2 Å². The topological polar surface area (TPSA) is 86.4 Å². The summed E-state index contributed by atoms with van der Waals surface area (Å²) in [5, 5.41) is 6.66. The highest BCUT2D eigenvalue weighted by Gasteiger charge is 2.39. The molecule has 0 aliphatic carbocycles. The first-order valence-corrected chi connectivity index (χ1v) is 9.14. The van der Waals surface area contributed by atoms with Gasteiger partial charge in [0.2, 0.25) is 5.91 Å². The average molecular weight is 348 g/mol. The predicted molar refractivity (Wildman–Crippen MR) is 91.7 cm³/mol. The van der Waals surface area contributed by atoms with E-state index >= 15 is 0 Å². The van der Waals surface area contributed by atoms with Crippen LogP contribution in [0, 0.1) is 13.8 Å². The minimum absolute atomic E-state index is 0.0547. The summed E-state index contributed by atoms with van der Waals surface area (Å²) < 4.78 is 27.5. The number of hydrogen-bond acceptors (Lipinski definition) is 4. The molecule has 0 bridgehead atoms. The third-order valence-corrected chi connectivity index (χ3v) is 6.11. The molecule has 0 radical (unpaired) electrons. The second-order valence-electron chi connectivity index (χ2n) is 6.12. The summed E-state index contributed by atoms with van der Waals surface area (Å²) in [5.41, 5.74) is 1.96. The molecular weight excluding hydrogens is 328 g/mol. The number of carbonyl (C=O) groups excluding carboxylic acids is 1. The van der Waals surface area contributed by atoms with Crippen LogP contribution in [0.2, 0.25) is 0 Å². The summed E-state index contributed by atoms with van der Waals surface area (Å²) in [7, 11) is -3.88. The molecule has 1 aliphatic heterocycles. The second-order valence-corrected chi connectivity index (χ2v) is 7.92. The van der Waals surface area contributed by atoms with Crippen molar-refractivity contribution in [1.82, 2.24) is 10.2 Å². The number of fused-ring (bicyclic) bond motifs is 1. The van der Waals surface area contributed by atoms with Crippen molar-refractivity contribution in [3.05, 3.63) is 35.7 Å². The second kappa shape index (κ2) is 5.62. The maximum absolute atomic E-state index is 13.2. The van der Waals surface area contributed by atoms with Gasteiger partial charge in [0, 0.05) is 6.04 Å². The number of para-hydroxylation sites is 2. The normalized spacial score (nSPS) is 15.1. The molecule has 7 nitrogen and oxygen atoms in total. The summed E-state index contributed by atoms with van der Waals surface area (Å²) >= 11 is 0. The zero-order chi connectivity index (χ0) is 17.6. The number of aromatic nitrogens is 2. The van der Waals surface area contributed by atoms with Crippen molar-refractivity contribution >= 4 is 27.3 Å². The maximum Gasteiger partial charge on any atom is 0.268 e. The van der Waals surface area contributed by atoms with Gasteiger partial charge in [0.1, 0.15) is 11.4 Å². The van der Waals surface area contributed by atoms with Crippen LogP contribution in [0.5, 0.6) is 0 Å². The van der Waals surface area contributed by atoms with Crippen molar-refractivity contribution in [1.29, 1.82) is 0 Å². The molecule has 0 fully saturated rings. The molecule has 0 saturated heterocycles. The smallest absolute Gasteiger partial charge is 0.268 e. The van der Waals surface area contributed by atoms with Gasteiger partial charge in [-0.05, 0) is 39.8 Å². The average Bonchev–Trinajstić information content (AvgIpc) is 2.85. The number of aryl methyl sites for hydroxylation is 2. The van der Waals surface area contributed by atoms with Crippen molar-refractivity contribution < 1.29 is 13.2 Å². The molecular formula is C16H20N4O3S. The monoisotopic (exact) mass is 348 g/mol. The van der Waals surface area contributed by atoms with Crippen LogP contribution in [0.4, 0.5) is 11.4 Å². The molecule has 128 valence electrons. The summed E-state index contributed by atoms with van der Waals surface area (Å²) in [6.07, 6.45) is 0. The Morgan fingerprint density at radius 1 is 1.17 bits per heavy atom. The van der Waals surface area contributed by atoms with Gasteiger partial charge in [0.15, 0.2) is 0 Å². The van der Waals surface area contributed by atoms with E-state index < -0.39 is 10.0 Å². The van der Waals surface area contributed by atoms with Crippen LogP contribution in [0.3, 0.4) is 0 Å². The number of aromatic amines is 1. The Bertz CT molecular complexity index is 882. The lowest BCUT2D eigenvalue weighted by molar-refractivity contribution is -0.117. The minimum atomic E-state index is -3.88. The van der Waals surface area contributed by atoms with Gasteiger partial charge < -0.3 is 4.90 Å². The minimum Gasteiger partial charge on any atom is -0.306 e. The highest BCUT2D eigenvalue weighted by atomic mass is 32.2. The van der Waals surface area contributed by atoms with Gasteiger partial charge in [-0.3, -0.25) is 14.2 Å². The van der Waals surface area contributed by atoms with Gasteiger partial charge in [-0.25, -0.2) is 8.42 Å². The Morgan fingerprint density at radius 3 is 2.33 bits per heavy atom. The van der Waals surface area contributed by atoms with Crippen LogP contribution in [0.25, 0.3) is 0 Å². The molecule has 1 aromatic carbocycles.